The van der Waals surface area contributed by atoms with Crippen molar-refractivity contribution in [2.24, 2.45) is 5.73 Å². The van der Waals surface area contributed by atoms with Gasteiger partial charge in [-0.25, -0.2) is 9.97 Å². The molecule has 7 heteroatoms. The summed E-state index contributed by atoms with van der Waals surface area (Å²) in [6.07, 6.45) is 4.07. The van der Waals surface area contributed by atoms with Gasteiger partial charge in [-0.3, -0.25) is 9.38 Å². The van der Waals surface area contributed by atoms with Crippen molar-refractivity contribution in [1.29, 1.82) is 0 Å². The minimum Gasteiger partial charge on any atom is -0.481 e. The first kappa shape index (κ1) is 16.2. The zero-order valence-corrected chi connectivity index (χ0v) is 14.1. The minimum atomic E-state index is -1.10. The molecule has 0 saturated carbocycles. The van der Waals surface area contributed by atoms with E-state index in [2.05, 4.69) is 15.0 Å². The van der Waals surface area contributed by atoms with Gasteiger partial charge in [-0.15, -0.1) is 0 Å². The van der Waals surface area contributed by atoms with Crippen LogP contribution in [0, 0.1) is 0 Å². The summed E-state index contributed by atoms with van der Waals surface area (Å²) in [5.74, 6) is 0.526. The highest BCUT2D eigenvalue weighted by molar-refractivity contribution is 5.79. The fraction of sp³-hybridized carbons (Fsp3) is 0.105. The van der Waals surface area contributed by atoms with E-state index in [9.17, 15) is 5.11 Å². The van der Waals surface area contributed by atoms with Crippen molar-refractivity contribution in [2.75, 3.05) is 7.11 Å². The average Bonchev–Trinajstić information content (AvgIpc) is 3.11. The topological polar surface area (TPSA) is 98.6 Å². The lowest BCUT2D eigenvalue weighted by molar-refractivity contribution is 0.180. The lowest BCUT2D eigenvalue weighted by Crippen LogP contribution is -2.11. The third-order valence-electron chi connectivity index (χ3n) is 4.13. The molecule has 3 N–H and O–H groups in total. The Bertz CT molecular complexity index is 1070. The van der Waals surface area contributed by atoms with Gasteiger partial charge in [0.05, 0.1) is 30.4 Å². The summed E-state index contributed by atoms with van der Waals surface area (Å²) in [6, 6.07) is 13.2. The second-order valence-corrected chi connectivity index (χ2v) is 5.74. The van der Waals surface area contributed by atoms with Gasteiger partial charge in [0, 0.05) is 29.6 Å². The molecule has 4 rings (SSSR count). The molecular formula is C19H17N5O2. The summed E-state index contributed by atoms with van der Waals surface area (Å²) in [7, 11) is 1.58. The molecule has 0 aliphatic rings. The van der Waals surface area contributed by atoms with Crippen molar-refractivity contribution in [1.82, 2.24) is 19.4 Å². The zero-order chi connectivity index (χ0) is 18.1. The molecule has 0 aromatic carbocycles. The van der Waals surface area contributed by atoms with E-state index in [1.807, 2.05) is 42.6 Å². The van der Waals surface area contributed by atoms with Crippen LogP contribution in [0.5, 0.6) is 5.88 Å². The number of rotatable bonds is 4. The van der Waals surface area contributed by atoms with Gasteiger partial charge in [-0.2, -0.15) is 0 Å². The number of fused-ring (bicyclic) bond motifs is 1. The molecule has 0 amide bonds. The summed E-state index contributed by atoms with van der Waals surface area (Å²) in [5, 5.41) is 9.74. The standard InChI is InChI=1S/C19H17N5O2/c1-26-17-6-2-5-14(23-17)18-13(4-3-9-21-18)12-7-8-16-22-10-15(19(20)25)24(16)11-12/h2-11,19,25H,20H2,1H3. The Balaban J connectivity index is 1.88. The maximum atomic E-state index is 9.74. The third kappa shape index (κ3) is 2.79. The van der Waals surface area contributed by atoms with Gasteiger partial charge in [-0.1, -0.05) is 12.1 Å². The van der Waals surface area contributed by atoms with Crippen LogP contribution >= 0.6 is 0 Å². The SMILES string of the molecule is COc1cccc(-c2ncccc2-c2ccc3ncc(C(N)O)n3c2)n1. The number of aliphatic hydroxyl groups excluding tert-OH is 1. The van der Waals surface area contributed by atoms with Crippen molar-refractivity contribution < 1.29 is 9.84 Å². The van der Waals surface area contributed by atoms with Gasteiger partial charge < -0.3 is 15.6 Å². The molecule has 4 heterocycles. The number of pyridine rings is 3. The van der Waals surface area contributed by atoms with Gasteiger partial charge >= 0.3 is 0 Å². The zero-order valence-electron chi connectivity index (χ0n) is 14.1. The van der Waals surface area contributed by atoms with E-state index in [1.54, 1.807) is 30.0 Å². The quantitative estimate of drug-likeness (QED) is 0.550. The predicted octanol–water partition coefficient (Wildman–Crippen LogP) is 2.42. The predicted molar refractivity (Wildman–Crippen MR) is 97.4 cm³/mol. The number of hydrogen-bond acceptors (Lipinski definition) is 6. The fourth-order valence-corrected chi connectivity index (χ4v) is 2.88. The van der Waals surface area contributed by atoms with E-state index >= 15 is 0 Å². The van der Waals surface area contributed by atoms with E-state index < -0.39 is 6.23 Å². The number of aliphatic hydroxyl groups is 1. The fourth-order valence-electron chi connectivity index (χ4n) is 2.88. The Morgan fingerprint density at radius 1 is 1.12 bits per heavy atom. The number of hydrogen-bond donors (Lipinski definition) is 2. The second kappa shape index (κ2) is 6.55. The summed E-state index contributed by atoms with van der Waals surface area (Å²) in [6.45, 7) is 0. The van der Waals surface area contributed by atoms with E-state index in [1.165, 1.54) is 0 Å². The van der Waals surface area contributed by atoms with Gasteiger partial charge in [-0.05, 0) is 24.3 Å². The van der Waals surface area contributed by atoms with Crippen LogP contribution in [-0.2, 0) is 0 Å². The molecule has 0 saturated heterocycles. The van der Waals surface area contributed by atoms with Crippen LogP contribution in [0.25, 0.3) is 28.2 Å². The first-order chi connectivity index (χ1) is 12.7. The molecule has 0 spiro atoms. The maximum Gasteiger partial charge on any atom is 0.213 e. The Labute approximate surface area is 149 Å². The molecule has 0 aliphatic carbocycles. The monoisotopic (exact) mass is 347 g/mol. The molecule has 130 valence electrons. The highest BCUT2D eigenvalue weighted by Crippen LogP contribution is 2.30. The largest absolute Gasteiger partial charge is 0.481 e. The van der Waals surface area contributed by atoms with Crippen LogP contribution < -0.4 is 10.5 Å². The Morgan fingerprint density at radius 2 is 2.00 bits per heavy atom. The smallest absolute Gasteiger partial charge is 0.213 e. The molecule has 0 aliphatic heterocycles. The molecule has 4 aromatic heterocycles. The number of nitrogens with zero attached hydrogens (tertiary/aromatic N) is 4. The van der Waals surface area contributed by atoms with Crippen LogP contribution in [-0.4, -0.2) is 31.6 Å². The number of ether oxygens (including phenoxy) is 1. The molecular weight excluding hydrogens is 330 g/mol. The minimum absolute atomic E-state index is 0.520. The molecule has 1 atom stereocenters. The molecule has 0 bridgehead atoms. The maximum absolute atomic E-state index is 9.74. The molecule has 7 nitrogen and oxygen atoms in total. The molecule has 26 heavy (non-hydrogen) atoms. The summed E-state index contributed by atoms with van der Waals surface area (Å²) in [4.78, 5) is 13.2. The summed E-state index contributed by atoms with van der Waals surface area (Å²) in [5.41, 5.74) is 10.1. The van der Waals surface area contributed by atoms with E-state index in [0.29, 0.717) is 22.9 Å². The lowest BCUT2D eigenvalue weighted by Gasteiger charge is -2.11. The Morgan fingerprint density at radius 3 is 2.81 bits per heavy atom. The van der Waals surface area contributed by atoms with Crippen molar-refractivity contribution in [3.05, 3.63) is 66.7 Å². The highest BCUT2D eigenvalue weighted by Gasteiger charge is 2.14. The van der Waals surface area contributed by atoms with E-state index in [-0.39, 0.29) is 0 Å². The summed E-state index contributed by atoms with van der Waals surface area (Å²) < 4.78 is 6.99. The van der Waals surface area contributed by atoms with Gasteiger partial charge in [0.25, 0.3) is 0 Å². The van der Waals surface area contributed by atoms with Gasteiger partial charge in [0.15, 0.2) is 0 Å². The van der Waals surface area contributed by atoms with Crippen LogP contribution in [0.15, 0.2) is 61.1 Å². The molecule has 0 fully saturated rings. The van der Waals surface area contributed by atoms with Gasteiger partial charge in [0.2, 0.25) is 5.88 Å². The second-order valence-electron chi connectivity index (χ2n) is 5.74. The lowest BCUT2D eigenvalue weighted by atomic mass is 10.0. The molecule has 4 aromatic rings. The number of methoxy groups -OCH3 is 1. The first-order valence-corrected chi connectivity index (χ1v) is 8.05. The Kier molecular flexibility index (Phi) is 4.08. The van der Waals surface area contributed by atoms with Crippen LogP contribution in [0.1, 0.15) is 11.9 Å². The van der Waals surface area contributed by atoms with Crippen molar-refractivity contribution in [3.8, 4) is 28.4 Å². The van der Waals surface area contributed by atoms with Crippen molar-refractivity contribution >= 4 is 5.65 Å². The third-order valence-corrected chi connectivity index (χ3v) is 4.13. The average molecular weight is 347 g/mol. The first-order valence-electron chi connectivity index (χ1n) is 8.05. The summed E-state index contributed by atoms with van der Waals surface area (Å²) >= 11 is 0. The van der Waals surface area contributed by atoms with Crippen molar-refractivity contribution in [3.63, 3.8) is 0 Å². The number of aromatic nitrogens is 4. The van der Waals surface area contributed by atoms with E-state index in [4.69, 9.17) is 10.5 Å². The number of nitrogens with two attached hydrogens (primary N) is 1. The highest BCUT2D eigenvalue weighted by atomic mass is 16.5. The van der Waals surface area contributed by atoms with Crippen LogP contribution in [0.2, 0.25) is 0 Å². The van der Waals surface area contributed by atoms with E-state index in [0.717, 1.165) is 16.8 Å². The number of imidazole rings is 1. The van der Waals surface area contributed by atoms with Crippen molar-refractivity contribution in [2.45, 2.75) is 6.23 Å². The molecule has 1 unspecified atom stereocenters. The normalized spacial score (nSPS) is 12.3. The van der Waals surface area contributed by atoms with Crippen LogP contribution in [0.3, 0.4) is 0 Å². The Hall–Kier alpha value is -3.29. The van der Waals surface area contributed by atoms with Gasteiger partial charge in [0.1, 0.15) is 11.9 Å². The van der Waals surface area contributed by atoms with Crippen LogP contribution in [0.4, 0.5) is 0 Å². The molecule has 0 radical (unpaired) electrons.